The predicted molar refractivity (Wildman–Crippen MR) is 100 cm³/mol. The zero-order valence-electron chi connectivity index (χ0n) is 15.5. The van der Waals surface area contributed by atoms with Crippen molar-refractivity contribution in [3.8, 4) is 6.07 Å². The first-order chi connectivity index (χ1) is 14.4. The van der Waals surface area contributed by atoms with E-state index in [9.17, 15) is 26.3 Å². The smallest absolute Gasteiger partial charge is 0.417 e. The molecule has 0 atom stereocenters. The van der Waals surface area contributed by atoms with Gasteiger partial charge in [-0.05, 0) is 30.3 Å². The number of ether oxygens (including phenoxy) is 1. The Kier molecular flexibility index (Phi) is 7.56. The molecule has 0 unspecified atom stereocenters. The Balaban J connectivity index is 2.25. The summed E-state index contributed by atoms with van der Waals surface area (Å²) in [5.74, 6) is 5.09. The minimum atomic E-state index is -4.92. The second-order valence-corrected chi connectivity index (χ2v) is 6.41. The van der Waals surface area contributed by atoms with Crippen LogP contribution in [0.15, 0.2) is 41.6 Å². The Bertz CT molecular complexity index is 987. The van der Waals surface area contributed by atoms with Crippen LogP contribution in [0.1, 0.15) is 16.7 Å². The van der Waals surface area contributed by atoms with Gasteiger partial charge < -0.3 is 15.5 Å². The largest absolute Gasteiger partial charge is 0.474 e. The van der Waals surface area contributed by atoms with E-state index in [1.165, 1.54) is 24.4 Å². The van der Waals surface area contributed by atoms with Crippen molar-refractivity contribution in [2.45, 2.75) is 12.4 Å². The van der Waals surface area contributed by atoms with Crippen LogP contribution in [-0.2, 0) is 10.9 Å². The van der Waals surface area contributed by atoms with E-state index >= 15 is 0 Å². The van der Waals surface area contributed by atoms with Gasteiger partial charge in [-0.1, -0.05) is 11.6 Å². The van der Waals surface area contributed by atoms with Crippen molar-refractivity contribution in [2.24, 2.45) is 10.9 Å². The molecule has 0 radical (unpaired) electrons. The van der Waals surface area contributed by atoms with Gasteiger partial charge in [-0.15, -0.1) is 5.10 Å². The minimum Gasteiger partial charge on any atom is -0.474 e. The van der Waals surface area contributed by atoms with Crippen molar-refractivity contribution < 1.29 is 31.1 Å². The van der Waals surface area contributed by atoms with Gasteiger partial charge in [0.2, 0.25) is 5.90 Å². The highest BCUT2D eigenvalue weighted by Crippen LogP contribution is 2.35. The highest BCUT2D eigenvalue weighted by Gasteiger charge is 2.36. The molecule has 0 bridgehead atoms. The molecule has 13 heteroatoms. The van der Waals surface area contributed by atoms with Gasteiger partial charge >= 0.3 is 12.4 Å². The molecular formula is C18H14ClF6N5O. The molecule has 0 aliphatic rings. The molecule has 0 fully saturated rings. The van der Waals surface area contributed by atoms with Crippen LogP contribution in [0.2, 0.25) is 5.15 Å². The highest BCUT2D eigenvalue weighted by molar-refractivity contribution is 6.29. The zero-order chi connectivity index (χ0) is 23.2. The molecule has 0 aliphatic heterocycles. The van der Waals surface area contributed by atoms with Gasteiger partial charge in [0, 0.05) is 17.4 Å². The van der Waals surface area contributed by atoms with Crippen molar-refractivity contribution in [2.75, 3.05) is 24.6 Å². The Morgan fingerprint density at radius 1 is 1.19 bits per heavy atom. The molecule has 0 saturated heterocycles. The van der Waals surface area contributed by atoms with E-state index in [0.717, 1.165) is 12.1 Å². The monoisotopic (exact) mass is 465 g/mol. The van der Waals surface area contributed by atoms with E-state index < -0.39 is 43.2 Å². The number of nitrogens with zero attached hydrogens (tertiary/aromatic N) is 4. The molecule has 2 rings (SSSR count). The van der Waals surface area contributed by atoms with Crippen LogP contribution in [0, 0.1) is 11.3 Å². The lowest BCUT2D eigenvalue weighted by molar-refractivity contribution is -0.137. The molecule has 0 spiro atoms. The third kappa shape index (κ3) is 6.92. The zero-order valence-corrected chi connectivity index (χ0v) is 16.3. The Morgan fingerprint density at radius 3 is 2.45 bits per heavy atom. The molecule has 2 N–H and O–H groups in total. The molecule has 31 heavy (non-hydrogen) atoms. The van der Waals surface area contributed by atoms with Gasteiger partial charge in [-0.3, -0.25) is 0 Å². The van der Waals surface area contributed by atoms with Crippen molar-refractivity contribution in [1.82, 2.24) is 4.98 Å². The first-order valence-corrected chi connectivity index (χ1v) is 8.78. The van der Waals surface area contributed by atoms with Crippen LogP contribution >= 0.6 is 11.6 Å². The van der Waals surface area contributed by atoms with Crippen LogP contribution in [0.5, 0.6) is 0 Å². The fourth-order valence-electron chi connectivity index (χ4n) is 2.56. The molecule has 1 aromatic carbocycles. The quantitative estimate of drug-likeness (QED) is 0.171. The molecular weight excluding hydrogens is 452 g/mol. The fraction of sp³-hybridized carbons (Fsp3) is 0.278. The van der Waals surface area contributed by atoms with Gasteiger partial charge in [0.25, 0.3) is 0 Å². The van der Waals surface area contributed by atoms with Gasteiger partial charge in [0.15, 0.2) is 0 Å². The Hall–Kier alpha value is -3.20. The van der Waals surface area contributed by atoms with E-state index in [2.05, 4.69) is 10.1 Å². The number of nitrogens with two attached hydrogens (primary N) is 1. The number of pyridine rings is 1. The number of hydrazone groups is 1. The summed E-state index contributed by atoms with van der Waals surface area (Å²) in [7, 11) is 0. The second kappa shape index (κ2) is 9.74. The van der Waals surface area contributed by atoms with Crippen LogP contribution < -0.4 is 10.7 Å². The van der Waals surface area contributed by atoms with Crippen molar-refractivity contribution >= 4 is 23.2 Å². The number of halogens is 7. The topological polar surface area (TPSA) is 87.5 Å². The summed E-state index contributed by atoms with van der Waals surface area (Å²) in [6.45, 7) is -2.40. The highest BCUT2D eigenvalue weighted by atomic mass is 35.5. The third-order valence-electron chi connectivity index (χ3n) is 3.86. The van der Waals surface area contributed by atoms with E-state index in [0.29, 0.717) is 16.5 Å². The van der Waals surface area contributed by atoms with Crippen molar-refractivity contribution in [1.29, 1.82) is 5.26 Å². The predicted octanol–water partition coefficient (Wildman–Crippen LogP) is 4.33. The fourth-order valence-corrected chi connectivity index (χ4v) is 2.73. The van der Waals surface area contributed by atoms with E-state index in [4.69, 9.17) is 27.4 Å². The number of rotatable bonds is 6. The van der Waals surface area contributed by atoms with E-state index in [1.54, 1.807) is 0 Å². The molecule has 0 saturated carbocycles. The molecule has 1 aromatic heterocycles. The van der Waals surface area contributed by atoms with Gasteiger partial charge in [0.1, 0.15) is 18.3 Å². The number of hydrogen-bond acceptors (Lipinski definition) is 6. The molecule has 1 heterocycles. The number of hydrogen-bond donors (Lipinski definition) is 1. The van der Waals surface area contributed by atoms with Crippen molar-refractivity contribution in [3.63, 3.8) is 0 Å². The first-order valence-electron chi connectivity index (χ1n) is 8.40. The van der Waals surface area contributed by atoms with Crippen LogP contribution in [0.3, 0.4) is 0 Å². The first kappa shape index (κ1) is 24.1. The van der Waals surface area contributed by atoms with Gasteiger partial charge in [0.05, 0.1) is 23.7 Å². The number of benzene rings is 1. The summed E-state index contributed by atoms with van der Waals surface area (Å²) in [5.41, 5.74) is -2.11. The number of alkyl halides is 6. The molecule has 6 nitrogen and oxygen atoms in total. The lowest BCUT2D eigenvalue weighted by atomic mass is 10.1. The molecule has 0 aliphatic carbocycles. The SMILES string of the molecule is N#Cc1ccc(N(CCO/C(=N\N)c2ccnc(Cl)c2)CC(F)(F)F)cc1C(F)(F)F. The van der Waals surface area contributed by atoms with E-state index in [-0.39, 0.29) is 16.7 Å². The molecule has 2 aromatic rings. The normalized spacial score (nSPS) is 12.4. The van der Waals surface area contributed by atoms with Crippen LogP contribution in [0.4, 0.5) is 32.0 Å². The second-order valence-electron chi connectivity index (χ2n) is 6.03. The lowest BCUT2D eigenvalue weighted by Gasteiger charge is -2.27. The Morgan fingerprint density at radius 2 is 1.90 bits per heavy atom. The molecule has 0 amide bonds. The lowest BCUT2D eigenvalue weighted by Crippen LogP contribution is -2.37. The maximum Gasteiger partial charge on any atom is 0.417 e. The summed E-state index contributed by atoms with van der Waals surface area (Å²) in [6.07, 6.45) is -8.30. The van der Waals surface area contributed by atoms with Crippen LogP contribution in [0.25, 0.3) is 0 Å². The standard InChI is InChI=1S/C18H14ClF6N5O/c19-15-7-11(3-4-28-15)16(29-27)31-6-5-30(10-17(20,21)22)13-2-1-12(9-26)14(8-13)18(23,24)25/h1-4,7-8H,5-6,10,27H2/b29-16-. The summed E-state index contributed by atoms with van der Waals surface area (Å²) in [4.78, 5) is 4.40. The summed E-state index contributed by atoms with van der Waals surface area (Å²) < 4.78 is 83.9. The van der Waals surface area contributed by atoms with Gasteiger partial charge in [-0.25, -0.2) is 4.98 Å². The number of anilines is 1. The Labute approximate surface area is 177 Å². The number of aromatic nitrogens is 1. The van der Waals surface area contributed by atoms with Crippen molar-refractivity contribution in [3.05, 3.63) is 58.4 Å². The number of nitriles is 1. The average molecular weight is 466 g/mol. The van der Waals surface area contributed by atoms with Gasteiger partial charge in [-0.2, -0.15) is 31.6 Å². The maximum atomic E-state index is 13.2. The molecule has 166 valence electrons. The third-order valence-corrected chi connectivity index (χ3v) is 4.06. The van der Waals surface area contributed by atoms with Crippen LogP contribution in [-0.4, -0.2) is 36.8 Å². The summed E-state index contributed by atoms with van der Waals surface area (Å²) >= 11 is 5.75. The summed E-state index contributed by atoms with van der Waals surface area (Å²) in [5, 5.41) is 12.3. The maximum absolute atomic E-state index is 13.2. The van der Waals surface area contributed by atoms with E-state index in [1.807, 2.05) is 0 Å². The average Bonchev–Trinajstić information content (AvgIpc) is 2.68. The minimum absolute atomic E-state index is 0.0956. The summed E-state index contributed by atoms with van der Waals surface area (Å²) in [6, 6.07) is 6.48.